The van der Waals surface area contributed by atoms with E-state index in [0.29, 0.717) is 34.8 Å². The maximum Gasteiger partial charge on any atom is 0.416 e. The lowest BCUT2D eigenvalue weighted by atomic mass is 10.1. The Labute approximate surface area is 203 Å². The molecule has 0 radical (unpaired) electrons. The van der Waals surface area contributed by atoms with Crippen molar-refractivity contribution in [2.75, 3.05) is 26.1 Å². The zero-order valence-electron chi connectivity index (χ0n) is 19.5. The molecule has 1 atom stereocenters. The predicted molar refractivity (Wildman–Crippen MR) is 130 cm³/mol. The van der Waals surface area contributed by atoms with Crippen molar-refractivity contribution in [3.63, 3.8) is 0 Å². The zero-order valence-corrected chi connectivity index (χ0v) is 20.3. The fourth-order valence-electron chi connectivity index (χ4n) is 3.60. The number of aryl methyl sites for hydroxylation is 1. The second-order valence-corrected chi connectivity index (χ2v) is 7.76. The molecule has 0 saturated carbocycles. The smallest absolute Gasteiger partial charge is 0.416 e. The summed E-state index contributed by atoms with van der Waals surface area (Å²) in [4.78, 5) is 4.60. The lowest BCUT2D eigenvalue weighted by molar-refractivity contribution is -0.137. The van der Waals surface area contributed by atoms with Crippen LogP contribution in [0.2, 0.25) is 0 Å². The van der Waals surface area contributed by atoms with Gasteiger partial charge in [0, 0.05) is 18.2 Å². The van der Waals surface area contributed by atoms with Crippen LogP contribution in [-0.4, -0.2) is 31.8 Å². The molecule has 6 nitrogen and oxygen atoms in total. The zero-order chi connectivity index (χ0) is 24.2. The van der Waals surface area contributed by atoms with Crippen molar-refractivity contribution in [2.45, 2.75) is 38.9 Å². The first-order valence-electron chi connectivity index (χ1n) is 10.6. The Morgan fingerprint density at radius 1 is 1.12 bits per heavy atom. The molecule has 3 rings (SSSR count). The Bertz CT molecular complexity index is 1130. The van der Waals surface area contributed by atoms with Crippen LogP contribution >= 0.6 is 12.4 Å². The van der Waals surface area contributed by atoms with Crippen LogP contribution in [0.5, 0.6) is 23.1 Å². The molecule has 3 aromatic rings. The summed E-state index contributed by atoms with van der Waals surface area (Å²) in [6, 6.07) is 8.29. The summed E-state index contributed by atoms with van der Waals surface area (Å²) in [6.07, 6.45) is -2.77. The number of rotatable bonds is 9. The van der Waals surface area contributed by atoms with Crippen molar-refractivity contribution >= 4 is 29.0 Å². The lowest BCUT2D eigenvalue weighted by Crippen LogP contribution is -2.17. The molecule has 1 unspecified atom stereocenters. The van der Waals surface area contributed by atoms with Crippen LogP contribution in [0.25, 0.3) is 10.9 Å². The van der Waals surface area contributed by atoms with E-state index in [1.807, 2.05) is 13.8 Å². The van der Waals surface area contributed by atoms with E-state index in [1.165, 1.54) is 26.4 Å². The Morgan fingerprint density at radius 2 is 1.85 bits per heavy atom. The van der Waals surface area contributed by atoms with Gasteiger partial charge in [-0.15, -0.1) is 12.4 Å². The third-order valence-electron chi connectivity index (χ3n) is 5.23. The third kappa shape index (κ3) is 6.15. The summed E-state index contributed by atoms with van der Waals surface area (Å²) in [5.41, 5.74) is 6.87. The van der Waals surface area contributed by atoms with Gasteiger partial charge in [-0.1, -0.05) is 6.07 Å². The van der Waals surface area contributed by atoms with Crippen LogP contribution in [0.4, 0.5) is 18.9 Å². The van der Waals surface area contributed by atoms with Crippen LogP contribution < -0.4 is 25.3 Å². The molecule has 0 aliphatic rings. The molecule has 3 N–H and O–H groups in total. The first-order chi connectivity index (χ1) is 15.7. The first-order valence-corrected chi connectivity index (χ1v) is 10.6. The normalized spacial score (nSPS) is 12.1. The van der Waals surface area contributed by atoms with E-state index < -0.39 is 11.7 Å². The minimum atomic E-state index is -4.48. The number of methoxy groups -OCH3 is 2. The largest absolute Gasteiger partial charge is 0.493 e. The number of anilines is 1. The molecule has 0 aliphatic carbocycles. The van der Waals surface area contributed by atoms with Crippen LogP contribution in [-0.2, 0) is 6.18 Å². The molecule has 0 aliphatic heterocycles. The Hall–Kier alpha value is -2.91. The van der Waals surface area contributed by atoms with E-state index in [-0.39, 0.29) is 29.9 Å². The quantitative estimate of drug-likeness (QED) is 0.358. The van der Waals surface area contributed by atoms with E-state index in [1.54, 1.807) is 12.1 Å². The summed E-state index contributed by atoms with van der Waals surface area (Å²) in [5.74, 6) is 1.09. The number of ether oxygens (including phenoxy) is 3. The van der Waals surface area contributed by atoms with Gasteiger partial charge < -0.3 is 25.3 Å². The van der Waals surface area contributed by atoms with Gasteiger partial charge in [0.15, 0.2) is 11.5 Å². The minimum Gasteiger partial charge on any atom is -0.493 e. The van der Waals surface area contributed by atoms with Crippen molar-refractivity contribution in [1.82, 2.24) is 4.98 Å². The third-order valence-corrected chi connectivity index (χ3v) is 5.23. The lowest BCUT2D eigenvalue weighted by Gasteiger charge is -2.21. The standard InChI is InChI=1S/C24H28F3N3O3.ClH/c1-14-11-20(32-4)30-22-18(29-15(2)7-6-10-28)13-19(31-3)23(21(14)22)33-17-9-5-8-16(12-17)24(25,26)27;/h5,8-9,11-13,15,29H,6-7,10,28H2,1-4H3;1H. The molecule has 0 amide bonds. The summed E-state index contributed by atoms with van der Waals surface area (Å²) >= 11 is 0. The highest BCUT2D eigenvalue weighted by Crippen LogP contribution is 2.45. The molecular formula is C24H29ClF3N3O3. The van der Waals surface area contributed by atoms with Gasteiger partial charge in [-0.2, -0.15) is 13.2 Å². The molecule has 1 heterocycles. The van der Waals surface area contributed by atoms with E-state index in [2.05, 4.69) is 10.3 Å². The second kappa shape index (κ2) is 11.5. The highest BCUT2D eigenvalue weighted by molar-refractivity contribution is 6.00. The van der Waals surface area contributed by atoms with Crippen molar-refractivity contribution < 1.29 is 27.4 Å². The van der Waals surface area contributed by atoms with Crippen molar-refractivity contribution in [1.29, 1.82) is 0 Å². The Kier molecular flexibility index (Phi) is 9.23. The van der Waals surface area contributed by atoms with Gasteiger partial charge >= 0.3 is 6.18 Å². The second-order valence-electron chi connectivity index (χ2n) is 7.76. The maximum absolute atomic E-state index is 13.2. The van der Waals surface area contributed by atoms with E-state index >= 15 is 0 Å². The number of nitrogens with two attached hydrogens (primary N) is 1. The molecule has 1 aromatic heterocycles. The van der Waals surface area contributed by atoms with Crippen molar-refractivity contribution in [3.8, 4) is 23.1 Å². The van der Waals surface area contributed by atoms with Gasteiger partial charge in [0.2, 0.25) is 5.88 Å². The number of aromatic nitrogens is 1. The van der Waals surface area contributed by atoms with Gasteiger partial charge in [0.05, 0.1) is 30.9 Å². The number of hydrogen-bond donors (Lipinski definition) is 2. The predicted octanol–water partition coefficient (Wildman–Crippen LogP) is 6.33. The Balaban J connectivity index is 0.00000408. The molecular weight excluding hydrogens is 471 g/mol. The summed E-state index contributed by atoms with van der Waals surface area (Å²) < 4.78 is 56.5. The van der Waals surface area contributed by atoms with Gasteiger partial charge in [-0.25, -0.2) is 4.98 Å². The van der Waals surface area contributed by atoms with Gasteiger partial charge in [0.1, 0.15) is 11.3 Å². The van der Waals surface area contributed by atoms with Gasteiger partial charge in [0.25, 0.3) is 0 Å². The number of alkyl halides is 3. The molecule has 10 heteroatoms. The monoisotopic (exact) mass is 499 g/mol. The van der Waals surface area contributed by atoms with E-state index in [0.717, 1.165) is 30.5 Å². The highest BCUT2D eigenvalue weighted by Gasteiger charge is 2.31. The van der Waals surface area contributed by atoms with Gasteiger partial charge in [-0.3, -0.25) is 0 Å². The molecule has 2 aromatic carbocycles. The maximum atomic E-state index is 13.2. The number of hydrogen-bond acceptors (Lipinski definition) is 6. The average Bonchev–Trinajstić information content (AvgIpc) is 2.78. The average molecular weight is 500 g/mol. The molecule has 0 saturated heterocycles. The number of nitrogens with zero attached hydrogens (tertiary/aromatic N) is 1. The number of benzene rings is 2. The molecule has 0 bridgehead atoms. The SMILES string of the molecule is COc1cc(C)c2c(Oc3cccc(C(F)(F)F)c3)c(OC)cc(NC(C)CCCN)c2n1.Cl. The Morgan fingerprint density at radius 3 is 2.47 bits per heavy atom. The molecule has 34 heavy (non-hydrogen) atoms. The summed E-state index contributed by atoms with van der Waals surface area (Å²) in [7, 11) is 3.00. The fraction of sp³-hybridized carbons (Fsp3) is 0.375. The van der Waals surface area contributed by atoms with Crippen LogP contribution in [0.15, 0.2) is 36.4 Å². The summed E-state index contributed by atoms with van der Waals surface area (Å²) in [6.45, 7) is 4.48. The molecule has 0 spiro atoms. The number of pyridine rings is 1. The topological polar surface area (TPSA) is 78.6 Å². The molecule has 0 fully saturated rings. The van der Waals surface area contributed by atoms with Crippen molar-refractivity contribution in [3.05, 3.63) is 47.5 Å². The number of nitrogens with one attached hydrogen (secondary N) is 1. The van der Waals surface area contributed by atoms with Crippen molar-refractivity contribution in [2.24, 2.45) is 5.73 Å². The van der Waals surface area contributed by atoms with Crippen LogP contribution in [0.1, 0.15) is 30.9 Å². The van der Waals surface area contributed by atoms with E-state index in [4.69, 9.17) is 19.9 Å². The number of fused-ring (bicyclic) bond motifs is 1. The van der Waals surface area contributed by atoms with E-state index in [9.17, 15) is 13.2 Å². The first kappa shape index (κ1) is 27.3. The van der Waals surface area contributed by atoms with Gasteiger partial charge in [-0.05, 0) is 57.0 Å². The minimum absolute atomic E-state index is 0. The highest BCUT2D eigenvalue weighted by atomic mass is 35.5. The van der Waals surface area contributed by atoms with Crippen LogP contribution in [0.3, 0.4) is 0 Å². The molecule has 186 valence electrons. The number of halogens is 4. The summed E-state index contributed by atoms with van der Waals surface area (Å²) in [5, 5.41) is 4.05. The van der Waals surface area contributed by atoms with Crippen LogP contribution in [0, 0.1) is 6.92 Å². The fourth-order valence-corrected chi connectivity index (χ4v) is 3.60.